The molecule has 4 N–H and O–H groups in total. The first kappa shape index (κ1) is 14.4. The van der Waals surface area contributed by atoms with Crippen LogP contribution in [-0.2, 0) is 11.3 Å². The monoisotopic (exact) mass is 315 g/mol. The largest absolute Gasteiger partial charge is 0.357 e. The van der Waals surface area contributed by atoms with Crippen LogP contribution in [0.4, 0.5) is 5.82 Å². The summed E-state index contributed by atoms with van der Waals surface area (Å²) in [6, 6.07) is 4.10. The fraction of sp³-hybridized carbons (Fsp3) is 0.533. The van der Waals surface area contributed by atoms with Crippen LogP contribution < -0.4 is 26.4 Å². The number of hydrogen-bond acceptors (Lipinski definition) is 6. The van der Waals surface area contributed by atoms with Gasteiger partial charge in [-0.25, -0.2) is 15.4 Å². The number of hydrazine groups is 1. The predicted octanol–water partition coefficient (Wildman–Crippen LogP) is -0.693. The maximum absolute atomic E-state index is 12.0. The van der Waals surface area contributed by atoms with Crippen molar-refractivity contribution in [3.05, 3.63) is 23.9 Å². The summed E-state index contributed by atoms with van der Waals surface area (Å²) in [5.74, 6) is 1.44. The number of amides is 1. The third kappa shape index (κ3) is 2.99. The Kier molecular flexibility index (Phi) is 3.84. The molecule has 8 nitrogen and oxygen atoms in total. The molecule has 0 bridgehead atoms. The molecule has 1 aromatic rings. The van der Waals surface area contributed by atoms with Gasteiger partial charge in [-0.15, -0.1) is 0 Å². The van der Waals surface area contributed by atoms with Gasteiger partial charge in [-0.3, -0.25) is 15.5 Å². The highest BCUT2D eigenvalue weighted by atomic mass is 16.2. The molecule has 1 aromatic heterocycles. The van der Waals surface area contributed by atoms with E-state index in [0.29, 0.717) is 19.0 Å². The van der Waals surface area contributed by atoms with Crippen molar-refractivity contribution in [3.8, 4) is 0 Å². The lowest BCUT2D eigenvalue weighted by atomic mass is 10.1. The van der Waals surface area contributed by atoms with E-state index in [1.54, 1.807) is 0 Å². The summed E-state index contributed by atoms with van der Waals surface area (Å²) in [4.78, 5) is 23.2. The fourth-order valence-electron chi connectivity index (χ4n) is 3.17. The number of nitrogens with one attached hydrogen (secondary N) is 4. The third-order valence-electron chi connectivity index (χ3n) is 4.51. The quantitative estimate of drug-likeness (QED) is 0.590. The molecule has 3 saturated heterocycles. The van der Waals surface area contributed by atoms with Crippen molar-refractivity contribution in [1.29, 1.82) is 0 Å². The first-order chi connectivity index (χ1) is 11.3. The first-order valence-corrected chi connectivity index (χ1v) is 8.10. The predicted molar refractivity (Wildman–Crippen MR) is 86.5 cm³/mol. The number of rotatable bonds is 3. The summed E-state index contributed by atoms with van der Waals surface area (Å²) in [6.07, 6.45) is 4.25. The van der Waals surface area contributed by atoms with E-state index in [2.05, 4.69) is 36.4 Å². The normalized spacial score (nSPS) is 28.6. The molecular formula is C15H21N7O. The maximum atomic E-state index is 12.0. The number of carbonyl (C=O) groups is 1. The summed E-state index contributed by atoms with van der Waals surface area (Å²) in [7, 11) is 0. The molecule has 0 saturated carbocycles. The Morgan fingerprint density at radius 1 is 1.30 bits per heavy atom. The Hall–Kier alpha value is -2.19. The van der Waals surface area contributed by atoms with Crippen LogP contribution in [0.5, 0.6) is 0 Å². The van der Waals surface area contributed by atoms with Gasteiger partial charge < -0.3 is 10.2 Å². The van der Waals surface area contributed by atoms with Crippen LogP contribution in [0, 0.1) is 5.92 Å². The molecule has 3 aliphatic rings. The van der Waals surface area contributed by atoms with Crippen molar-refractivity contribution in [2.24, 2.45) is 10.9 Å². The van der Waals surface area contributed by atoms with Crippen LogP contribution in [-0.4, -0.2) is 42.7 Å². The number of anilines is 1. The average Bonchev–Trinajstić information content (AvgIpc) is 3.25. The minimum Gasteiger partial charge on any atom is -0.357 e. The van der Waals surface area contributed by atoms with Crippen LogP contribution >= 0.6 is 0 Å². The van der Waals surface area contributed by atoms with Gasteiger partial charge in [0.1, 0.15) is 12.0 Å². The second-order valence-electron chi connectivity index (χ2n) is 6.13. The molecule has 3 fully saturated rings. The second kappa shape index (κ2) is 6.13. The molecule has 4 rings (SSSR count). The summed E-state index contributed by atoms with van der Waals surface area (Å²) in [5, 5.41) is 5.99. The van der Waals surface area contributed by atoms with E-state index >= 15 is 0 Å². The Morgan fingerprint density at radius 2 is 2.17 bits per heavy atom. The maximum Gasteiger partial charge on any atom is 0.234 e. The van der Waals surface area contributed by atoms with Gasteiger partial charge >= 0.3 is 0 Å². The Bertz CT molecular complexity index is 609. The lowest BCUT2D eigenvalue weighted by molar-refractivity contribution is -0.124. The number of aromatic nitrogens is 1. The molecule has 3 aliphatic heterocycles. The van der Waals surface area contributed by atoms with Crippen LogP contribution in [0.3, 0.4) is 0 Å². The molecular weight excluding hydrogens is 294 g/mol. The Labute approximate surface area is 134 Å². The van der Waals surface area contributed by atoms with Gasteiger partial charge in [0.05, 0.1) is 12.5 Å². The summed E-state index contributed by atoms with van der Waals surface area (Å²) < 4.78 is 0. The molecule has 0 aliphatic carbocycles. The molecule has 122 valence electrons. The van der Waals surface area contributed by atoms with E-state index < -0.39 is 0 Å². The molecule has 2 atom stereocenters. The van der Waals surface area contributed by atoms with Crippen LogP contribution in [0.15, 0.2) is 23.3 Å². The summed E-state index contributed by atoms with van der Waals surface area (Å²) in [6.45, 7) is 3.29. The zero-order valence-corrected chi connectivity index (χ0v) is 12.9. The lowest BCUT2D eigenvalue weighted by Gasteiger charge is -2.27. The number of hydrogen-bond donors (Lipinski definition) is 4. The molecule has 23 heavy (non-hydrogen) atoms. The van der Waals surface area contributed by atoms with Gasteiger partial charge in [-0.05, 0) is 24.5 Å². The number of aliphatic imine (C=N–C) groups is 1. The number of pyridine rings is 1. The average molecular weight is 315 g/mol. The van der Waals surface area contributed by atoms with Gasteiger partial charge in [-0.2, -0.15) is 0 Å². The van der Waals surface area contributed by atoms with E-state index in [9.17, 15) is 4.79 Å². The van der Waals surface area contributed by atoms with Gasteiger partial charge in [0, 0.05) is 25.8 Å². The van der Waals surface area contributed by atoms with Gasteiger partial charge in [0.2, 0.25) is 5.91 Å². The molecule has 8 heteroatoms. The third-order valence-corrected chi connectivity index (χ3v) is 4.51. The van der Waals surface area contributed by atoms with Crippen LogP contribution in [0.2, 0.25) is 0 Å². The summed E-state index contributed by atoms with van der Waals surface area (Å²) >= 11 is 0. The number of carbonyl (C=O) groups excluding carboxylic acids is 1. The van der Waals surface area contributed by atoms with Crippen molar-refractivity contribution in [1.82, 2.24) is 26.5 Å². The topological polar surface area (TPSA) is 93.7 Å². The Balaban J connectivity index is 1.39. The number of guanidine groups is 1. The van der Waals surface area contributed by atoms with E-state index in [1.165, 1.54) is 12.8 Å². The highest BCUT2D eigenvalue weighted by Crippen LogP contribution is 2.17. The minimum absolute atomic E-state index is 0.00694. The molecule has 4 heterocycles. The van der Waals surface area contributed by atoms with Crippen molar-refractivity contribution in [2.75, 3.05) is 24.5 Å². The smallest absolute Gasteiger partial charge is 0.234 e. The van der Waals surface area contributed by atoms with E-state index in [-0.39, 0.29) is 18.0 Å². The van der Waals surface area contributed by atoms with Crippen LogP contribution in [0.25, 0.3) is 0 Å². The summed E-state index contributed by atoms with van der Waals surface area (Å²) in [5.41, 5.74) is 7.04. The lowest BCUT2D eigenvalue weighted by Crippen LogP contribution is -2.61. The van der Waals surface area contributed by atoms with Gasteiger partial charge in [0.15, 0.2) is 5.96 Å². The van der Waals surface area contributed by atoms with E-state index in [0.717, 1.165) is 24.5 Å². The second-order valence-corrected chi connectivity index (χ2v) is 6.13. The van der Waals surface area contributed by atoms with E-state index in [4.69, 9.17) is 0 Å². The highest BCUT2D eigenvalue weighted by Gasteiger charge is 2.37. The Morgan fingerprint density at radius 3 is 2.96 bits per heavy atom. The molecule has 0 spiro atoms. The molecule has 0 aromatic carbocycles. The first-order valence-electron chi connectivity index (χ1n) is 8.10. The van der Waals surface area contributed by atoms with Gasteiger partial charge in [-0.1, -0.05) is 6.07 Å². The fourth-order valence-corrected chi connectivity index (χ4v) is 3.17. The molecule has 1 amide bonds. The van der Waals surface area contributed by atoms with Crippen molar-refractivity contribution in [3.63, 3.8) is 0 Å². The standard InChI is InChI=1S/C15H21N7O/c23-14-11-9-18-21-13(11)19-15(20-14)17-8-10-3-4-12(16-7-10)22-5-1-2-6-22/h3-4,7,11,13,18,21H,1-2,5-6,8-9H2,(H2,17,19,20,23). The van der Waals surface area contributed by atoms with Crippen LogP contribution in [0.1, 0.15) is 18.4 Å². The molecule has 0 radical (unpaired) electrons. The van der Waals surface area contributed by atoms with Crippen molar-refractivity contribution >= 4 is 17.7 Å². The number of nitrogens with zero attached hydrogens (tertiary/aromatic N) is 3. The van der Waals surface area contributed by atoms with Gasteiger partial charge in [0.25, 0.3) is 0 Å². The molecule has 2 unspecified atom stereocenters. The minimum atomic E-state index is -0.102. The zero-order valence-electron chi connectivity index (χ0n) is 12.9. The van der Waals surface area contributed by atoms with E-state index in [1.807, 2.05) is 18.3 Å². The highest BCUT2D eigenvalue weighted by molar-refractivity contribution is 6.01. The zero-order chi connectivity index (χ0) is 15.6. The van der Waals surface area contributed by atoms with Crippen molar-refractivity contribution in [2.45, 2.75) is 25.6 Å². The van der Waals surface area contributed by atoms with Crippen molar-refractivity contribution < 1.29 is 4.79 Å². The SMILES string of the molecule is O=C1NC(=NCc2ccc(N3CCCC3)nc2)NC2NNCC12. The number of fused-ring (bicyclic) bond motifs is 1.